The van der Waals surface area contributed by atoms with Crippen LogP contribution in [0.2, 0.25) is 0 Å². The third kappa shape index (κ3) is 6.11. The summed E-state index contributed by atoms with van der Waals surface area (Å²) in [5, 5.41) is 0.681. The topological polar surface area (TPSA) is 55.8 Å². The average molecular weight is 446 g/mol. The van der Waals surface area contributed by atoms with Crippen LogP contribution in [0.5, 0.6) is 0 Å². The molecule has 0 bridgehead atoms. The highest BCUT2D eigenvalue weighted by Gasteiger charge is 2.36. The lowest BCUT2D eigenvalue weighted by Crippen LogP contribution is -2.47. The third-order valence-electron chi connectivity index (χ3n) is 6.06. The van der Waals surface area contributed by atoms with E-state index in [4.69, 9.17) is 9.47 Å². The molecular formula is C25H35NO4S. The predicted molar refractivity (Wildman–Crippen MR) is 124 cm³/mol. The number of esters is 1. The van der Waals surface area contributed by atoms with Crippen LogP contribution in [0.25, 0.3) is 0 Å². The second-order valence-corrected chi connectivity index (χ2v) is 10.9. The summed E-state index contributed by atoms with van der Waals surface area (Å²) in [4.78, 5) is 29.1. The maximum atomic E-state index is 13.8. The number of rotatable bonds is 4. The van der Waals surface area contributed by atoms with Gasteiger partial charge < -0.3 is 9.47 Å². The Labute approximate surface area is 190 Å². The molecule has 0 atom stereocenters. The summed E-state index contributed by atoms with van der Waals surface area (Å²) in [6.07, 6.45) is 5.53. The zero-order valence-corrected chi connectivity index (χ0v) is 20.3. The Morgan fingerprint density at radius 3 is 2.35 bits per heavy atom. The standard InChI is InChI=1S/C25H35NO4S/c1-17-6-8-18(9-7-17)22(27)26(19-11-14-30-15-12-19)23-21(24(28)29-5)16-20(31-23)10-13-25(2,3)4/h16-19H,6-9,11-12,14-15H2,1-5H3. The molecule has 2 fully saturated rings. The van der Waals surface area contributed by atoms with E-state index in [9.17, 15) is 9.59 Å². The summed E-state index contributed by atoms with van der Waals surface area (Å²) in [5.74, 6) is 6.84. The third-order valence-corrected chi connectivity index (χ3v) is 7.11. The van der Waals surface area contributed by atoms with Crippen molar-refractivity contribution in [1.82, 2.24) is 0 Å². The van der Waals surface area contributed by atoms with Crippen molar-refractivity contribution in [2.75, 3.05) is 25.2 Å². The summed E-state index contributed by atoms with van der Waals surface area (Å²) < 4.78 is 10.6. The fourth-order valence-electron chi connectivity index (χ4n) is 4.22. The molecule has 1 aromatic rings. The van der Waals surface area contributed by atoms with E-state index in [1.54, 1.807) is 6.07 Å². The first kappa shape index (κ1) is 23.8. The lowest BCUT2D eigenvalue weighted by Gasteiger charge is -2.37. The minimum Gasteiger partial charge on any atom is -0.465 e. The van der Waals surface area contributed by atoms with Gasteiger partial charge in [-0.3, -0.25) is 9.69 Å². The lowest BCUT2D eigenvalue weighted by molar-refractivity contribution is -0.124. The van der Waals surface area contributed by atoms with Gasteiger partial charge in [0.25, 0.3) is 0 Å². The maximum absolute atomic E-state index is 13.8. The van der Waals surface area contributed by atoms with Crippen molar-refractivity contribution in [1.29, 1.82) is 0 Å². The van der Waals surface area contributed by atoms with Crippen LogP contribution >= 0.6 is 11.3 Å². The molecule has 2 aliphatic rings. The molecule has 170 valence electrons. The minimum absolute atomic E-state index is 0.00995. The smallest absolute Gasteiger partial charge is 0.340 e. The van der Waals surface area contributed by atoms with Crippen LogP contribution in [-0.2, 0) is 14.3 Å². The molecule has 1 aliphatic carbocycles. The zero-order chi connectivity index (χ0) is 22.6. The Bertz CT molecular complexity index is 843. The lowest BCUT2D eigenvalue weighted by atomic mass is 9.82. The highest BCUT2D eigenvalue weighted by molar-refractivity contribution is 7.17. The molecule has 0 aromatic carbocycles. The molecule has 0 N–H and O–H groups in total. The number of carbonyl (C=O) groups is 2. The van der Waals surface area contributed by atoms with Crippen LogP contribution in [0, 0.1) is 29.1 Å². The molecule has 0 spiro atoms. The van der Waals surface area contributed by atoms with E-state index in [2.05, 4.69) is 39.5 Å². The van der Waals surface area contributed by atoms with Gasteiger partial charge in [-0.15, -0.1) is 11.3 Å². The second kappa shape index (κ2) is 10.2. The van der Waals surface area contributed by atoms with Gasteiger partial charge in [0.15, 0.2) is 0 Å². The van der Waals surface area contributed by atoms with Gasteiger partial charge in [0.05, 0.1) is 17.6 Å². The van der Waals surface area contributed by atoms with Gasteiger partial charge in [-0.2, -0.15) is 0 Å². The number of anilines is 1. The minimum atomic E-state index is -0.419. The van der Waals surface area contributed by atoms with Gasteiger partial charge >= 0.3 is 5.97 Å². The van der Waals surface area contributed by atoms with Crippen molar-refractivity contribution in [3.05, 3.63) is 16.5 Å². The van der Waals surface area contributed by atoms with E-state index >= 15 is 0 Å². The number of hydrogen-bond donors (Lipinski definition) is 0. The molecular weight excluding hydrogens is 410 g/mol. The van der Waals surface area contributed by atoms with Crippen molar-refractivity contribution in [2.24, 2.45) is 17.3 Å². The molecule has 2 heterocycles. The maximum Gasteiger partial charge on any atom is 0.340 e. The normalized spacial score (nSPS) is 22.4. The number of ether oxygens (including phenoxy) is 2. The molecule has 0 unspecified atom stereocenters. The highest BCUT2D eigenvalue weighted by Crippen LogP contribution is 2.39. The van der Waals surface area contributed by atoms with E-state index in [0.29, 0.717) is 29.7 Å². The van der Waals surface area contributed by atoms with E-state index < -0.39 is 5.97 Å². The Balaban J connectivity index is 2.02. The molecule has 1 amide bonds. The summed E-state index contributed by atoms with van der Waals surface area (Å²) >= 11 is 1.43. The predicted octanol–water partition coefficient (Wildman–Crippen LogP) is 5.27. The SMILES string of the molecule is COC(=O)c1cc(C#CC(C)(C)C)sc1N(C(=O)C1CCC(C)CC1)C1CCOCC1. The largest absolute Gasteiger partial charge is 0.465 e. The fourth-order valence-corrected chi connectivity index (χ4v) is 5.30. The van der Waals surface area contributed by atoms with Crippen LogP contribution in [-0.4, -0.2) is 38.2 Å². The van der Waals surface area contributed by atoms with Crippen molar-refractivity contribution in [3.8, 4) is 11.8 Å². The Morgan fingerprint density at radius 1 is 1.13 bits per heavy atom. The number of nitrogens with zero attached hydrogens (tertiary/aromatic N) is 1. The van der Waals surface area contributed by atoms with Gasteiger partial charge in [-0.1, -0.05) is 18.8 Å². The van der Waals surface area contributed by atoms with Gasteiger partial charge in [-0.05, 0) is 71.3 Å². The van der Waals surface area contributed by atoms with Gasteiger partial charge in [0.1, 0.15) is 5.00 Å². The van der Waals surface area contributed by atoms with Gasteiger partial charge in [-0.25, -0.2) is 4.79 Å². The second-order valence-electron chi connectivity index (χ2n) is 9.83. The van der Waals surface area contributed by atoms with E-state index in [-0.39, 0.29) is 23.3 Å². The molecule has 5 nitrogen and oxygen atoms in total. The van der Waals surface area contributed by atoms with E-state index in [1.165, 1.54) is 18.4 Å². The summed E-state index contributed by atoms with van der Waals surface area (Å²) in [5.41, 5.74) is 0.291. The Kier molecular flexibility index (Phi) is 7.82. The molecule has 31 heavy (non-hydrogen) atoms. The molecule has 6 heteroatoms. The van der Waals surface area contributed by atoms with Crippen LogP contribution in [0.4, 0.5) is 5.00 Å². The average Bonchev–Trinajstić information content (AvgIpc) is 3.16. The summed E-state index contributed by atoms with van der Waals surface area (Å²) in [7, 11) is 1.38. The number of amides is 1. The fraction of sp³-hybridized carbons (Fsp3) is 0.680. The first-order chi connectivity index (χ1) is 14.7. The van der Waals surface area contributed by atoms with E-state index in [0.717, 1.165) is 43.4 Å². The Hall–Kier alpha value is -1.84. The van der Waals surface area contributed by atoms with Gasteiger partial charge in [0.2, 0.25) is 5.91 Å². The van der Waals surface area contributed by atoms with Crippen LogP contribution in [0.1, 0.15) is 81.5 Å². The molecule has 1 aliphatic heterocycles. The first-order valence-corrected chi connectivity index (χ1v) is 12.2. The van der Waals surface area contributed by atoms with Crippen molar-refractivity contribution in [2.45, 2.75) is 72.3 Å². The molecule has 1 aromatic heterocycles. The Morgan fingerprint density at radius 2 is 1.77 bits per heavy atom. The number of methoxy groups -OCH3 is 1. The monoisotopic (exact) mass is 445 g/mol. The first-order valence-electron chi connectivity index (χ1n) is 11.4. The number of hydrogen-bond acceptors (Lipinski definition) is 5. The van der Waals surface area contributed by atoms with Crippen LogP contribution < -0.4 is 4.90 Å². The molecule has 1 saturated heterocycles. The summed E-state index contributed by atoms with van der Waals surface area (Å²) in [6, 6.07) is 1.82. The molecule has 1 saturated carbocycles. The van der Waals surface area contributed by atoms with Crippen LogP contribution in [0.15, 0.2) is 6.07 Å². The summed E-state index contributed by atoms with van der Waals surface area (Å²) in [6.45, 7) is 9.68. The van der Waals surface area contributed by atoms with Gasteiger partial charge in [0, 0.05) is 30.6 Å². The number of thiophene rings is 1. The van der Waals surface area contributed by atoms with Crippen molar-refractivity contribution < 1.29 is 19.1 Å². The van der Waals surface area contributed by atoms with Crippen LogP contribution in [0.3, 0.4) is 0 Å². The molecule has 0 radical (unpaired) electrons. The molecule has 3 rings (SSSR count). The zero-order valence-electron chi connectivity index (χ0n) is 19.5. The van der Waals surface area contributed by atoms with Crippen molar-refractivity contribution >= 4 is 28.2 Å². The quantitative estimate of drug-likeness (QED) is 0.468. The highest BCUT2D eigenvalue weighted by atomic mass is 32.1. The number of carbonyl (C=O) groups excluding carboxylic acids is 2. The van der Waals surface area contributed by atoms with E-state index in [1.807, 2.05) is 4.90 Å². The van der Waals surface area contributed by atoms with Crippen molar-refractivity contribution in [3.63, 3.8) is 0 Å².